The summed E-state index contributed by atoms with van der Waals surface area (Å²) in [7, 11) is 1.92. The summed E-state index contributed by atoms with van der Waals surface area (Å²) in [4.78, 5) is 35.4. The average molecular weight is 428 g/mol. The van der Waals surface area contributed by atoms with Crippen LogP contribution in [0.3, 0.4) is 0 Å². The minimum absolute atomic E-state index is 0.114. The second-order valence-corrected chi connectivity index (χ2v) is 9.34. The Morgan fingerprint density at radius 1 is 1.24 bits per heavy atom. The molecule has 1 aromatic carbocycles. The summed E-state index contributed by atoms with van der Waals surface area (Å²) >= 11 is 2.99. The van der Waals surface area contributed by atoms with E-state index in [4.69, 9.17) is 0 Å². The van der Waals surface area contributed by atoms with Gasteiger partial charge in [-0.3, -0.25) is 9.59 Å². The van der Waals surface area contributed by atoms with E-state index in [-0.39, 0.29) is 11.5 Å². The summed E-state index contributed by atoms with van der Waals surface area (Å²) in [5.41, 5.74) is 1.82. The lowest BCUT2D eigenvalue weighted by Gasteiger charge is -2.31. The number of thiophene rings is 1. The summed E-state index contributed by atoms with van der Waals surface area (Å²) in [6.45, 7) is 0. The van der Waals surface area contributed by atoms with Gasteiger partial charge in [-0.2, -0.15) is 0 Å². The highest BCUT2D eigenvalue weighted by Gasteiger charge is 2.22. The third-order valence-electron chi connectivity index (χ3n) is 5.56. The number of hydrogen-bond acceptors (Lipinski definition) is 5. The Morgan fingerprint density at radius 2 is 2.00 bits per heavy atom. The molecule has 0 atom stereocenters. The topological polar surface area (TPSA) is 66.1 Å². The van der Waals surface area contributed by atoms with E-state index in [2.05, 4.69) is 9.97 Å². The van der Waals surface area contributed by atoms with Gasteiger partial charge >= 0.3 is 0 Å². The molecule has 5 nitrogen and oxygen atoms in total. The van der Waals surface area contributed by atoms with Gasteiger partial charge in [-0.15, -0.1) is 23.1 Å². The lowest BCUT2D eigenvalue weighted by atomic mass is 9.94. The largest absolute Gasteiger partial charge is 0.342 e. The highest BCUT2D eigenvalue weighted by atomic mass is 32.2. The number of nitrogens with one attached hydrogen (secondary N) is 1. The smallest absolute Gasteiger partial charge is 0.260 e. The van der Waals surface area contributed by atoms with Crippen LogP contribution in [-0.4, -0.2) is 39.6 Å². The summed E-state index contributed by atoms with van der Waals surface area (Å²) in [5.74, 6) is 1.72. The van der Waals surface area contributed by atoms with Gasteiger partial charge in [0, 0.05) is 24.0 Å². The number of fused-ring (bicyclic) bond motifs is 1. The van der Waals surface area contributed by atoms with Crippen molar-refractivity contribution in [3.05, 3.63) is 51.9 Å². The van der Waals surface area contributed by atoms with Gasteiger partial charge in [-0.25, -0.2) is 4.98 Å². The van der Waals surface area contributed by atoms with Crippen LogP contribution < -0.4 is 5.56 Å². The van der Waals surface area contributed by atoms with Crippen LogP contribution in [0, 0.1) is 0 Å². The van der Waals surface area contributed by atoms with E-state index in [1.165, 1.54) is 42.4 Å². The van der Waals surface area contributed by atoms with Crippen LogP contribution >= 0.6 is 23.1 Å². The number of rotatable bonds is 6. The molecule has 1 saturated carbocycles. The normalized spacial score (nSPS) is 14.9. The minimum atomic E-state index is -0.114. The Labute approximate surface area is 178 Å². The third kappa shape index (κ3) is 4.56. The number of carbonyl (C=O) groups excluding carboxylic acids is 1. The van der Waals surface area contributed by atoms with Crippen LogP contribution in [0.2, 0.25) is 0 Å². The molecule has 2 aromatic heterocycles. The quantitative estimate of drug-likeness (QED) is 0.620. The van der Waals surface area contributed by atoms with Gasteiger partial charge in [0.1, 0.15) is 10.7 Å². The monoisotopic (exact) mass is 427 g/mol. The van der Waals surface area contributed by atoms with Crippen LogP contribution in [0.4, 0.5) is 0 Å². The lowest BCUT2D eigenvalue weighted by Crippen LogP contribution is -2.39. The maximum Gasteiger partial charge on any atom is 0.260 e. The molecule has 0 bridgehead atoms. The SMILES string of the molecule is CN(C(=O)CSCc1nc2scc(-c3ccccc3)c2c(=O)[nH]1)C1CCCCC1. The molecule has 0 radical (unpaired) electrons. The number of aromatic nitrogens is 2. The first-order valence-electron chi connectivity index (χ1n) is 10.0. The molecule has 29 heavy (non-hydrogen) atoms. The van der Waals surface area contributed by atoms with E-state index in [1.54, 1.807) is 0 Å². The molecule has 1 N–H and O–H groups in total. The van der Waals surface area contributed by atoms with Crippen LogP contribution in [-0.2, 0) is 10.5 Å². The van der Waals surface area contributed by atoms with E-state index in [1.807, 2.05) is 47.7 Å². The Balaban J connectivity index is 1.41. The number of nitrogens with zero attached hydrogens (tertiary/aromatic N) is 2. The van der Waals surface area contributed by atoms with Crippen LogP contribution in [0.25, 0.3) is 21.3 Å². The Hall–Kier alpha value is -2.12. The van der Waals surface area contributed by atoms with Gasteiger partial charge in [-0.05, 0) is 18.4 Å². The van der Waals surface area contributed by atoms with Crippen LogP contribution in [0.1, 0.15) is 37.9 Å². The maximum atomic E-state index is 12.7. The number of carbonyl (C=O) groups is 1. The van der Waals surface area contributed by atoms with Crippen molar-refractivity contribution in [2.75, 3.05) is 12.8 Å². The zero-order chi connectivity index (χ0) is 20.2. The zero-order valence-corrected chi connectivity index (χ0v) is 18.2. The zero-order valence-electron chi connectivity index (χ0n) is 16.5. The molecule has 0 spiro atoms. The van der Waals surface area contributed by atoms with Gasteiger partial charge in [-0.1, -0.05) is 49.6 Å². The molecule has 0 unspecified atom stereocenters. The Kier molecular flexibility index (Phi) is 6.35. The van der Waals surface area contributed by atoms with Gasteiger partial charge in [0.25, 0.3) is 5.56 Å². The molecule has 7 heteroatoms. The number of H-pyrrole nitrogens is 1. The number of amides is 1. The predicted octanol–water partition coefficient (Wildman–Crippen LogP) is 4.68. The minimum Gasteiger partial charge on any atom is -0.342 e. The fourth-order valence-electron chi connectivity index (χ4n) is 3.90. The van der Waals surface area contributed by atoms with Crippen molar-refractivity contribution in [3.63, 3.8) is 0 Å². The lowest BCUT2D eigenvalue weighted by molar-refractivity contribution is -0.129. The summed E-state index contributed by atoms with van der Waals surface area (Å²) in [6, 6.07) is 10.3. The number of benzene rings is 1. The first kappa shape index (κ1) is 20.2. The first-order valence-corrected chi connectivity index (χ1v) is 12.1. The molecule has 152 valence electrons. The van der Waals surface area contributed by atoms with Crippen molar-refractivity contribution in [3.8, 4) is 11.1 Å². The van der Waals surface area contributed by atoms with Gasteiger partial charge in [0.05, 0.1) is 16.9 Å². The van der Waals surface area contributed by atoms with E-state index >= 15 is 0 Å². The molecule has 1 fully saturated rings. The summed E-state index contributed by atoms with van der Waals surface area (Å²) in [6.07, 6.45) is 5.93. The maximum absolute atomic E-state index is 12.7. The molecule has 0 aliphatic heterocycles. The van der Waals surface area contributed by atoms with E-state index < -0.39 is 0 Å². The average Bonchev–Trinajstić information content (AvgIpc) is 3.19. The van der Waals surface area contributed by atoms with Gasteiger partial charge in [0.15, 0.2) is 0 Å². The van der Waals surface area contributed by atoms with Gasteiger partial charge < -0.3 is 9.88 Å². The standard InChI is InChI=1S/C22H25N3O2S2/c1-25(16-10-6-3-7-11-16)19(26)14-28-13-18-23-21(27)20-17(12-29-22(20)24-18)15-8-4-2-5-9-15/h2,4-5,8-9,12,16H,3,6-7,10-11,13-14H2,1H3,(H,23,24,27). The molecular formula is C22H25N3O2S2. The van der Waals surface area contributed by atoms with Crippen LogP contribution in [0.15, 0.2) is 40.5 Å². The highest BCUT2D eigenvalue weighted by molar-refractivity contribution is 7.99. The molecule has 4 rings (SSSR count). The highest BCUT2D eigenvalue weighted by Crippen LogP contribution is 2.30. The van der Waals surface area contributed by atoms with Crippen molar-refractivity contribution < 1.29 is 4.79 Å². The molecule has 1 aliphatic carbocycles. The molecule has 2 heterocycles. The molecular weight excluding hydrogens is 402 g/mol. The number of aromatic amines is 1. The Bertz CT molecular complexity index is 1040. The number of hydrogen-bond donors (Lipinski definition) is 1. The van der Waals surface area contributed by atoms with E-state index in [0.29, 0.717) is 28.8 Å². The second-order valence-electron chi connectivity index (χ2n) is 7.50. The van der Waals surface area contributed by atoms with E-state index in [0.717, 1.165) is 28.8 Å². The molecule has 3 aromatic rings. The van der Waals surface area contributed by atoms with Crippen molar-refractivity contribution >= 4 is 39.2 Å². The fourth-order valence-corrected chi connectivity index (χ4v) is 5.68. The van der Waals surface area contributed by atoms with Crippen LogP contribution in [0.5, 0.6) is 0 Å². The summed E-state index contributed by atoms with van der Waals surface area (Å²) < 4.78 is 0. The van der Waals surface area contributed by atoms with Gasteiger partial charge in [0.2, 0.25) is 5.91 Å². The predicted molar refractivity (Wildman–Crippen MR) is 121 cm³/mol. The molecule has 1 amide bonds. The van der Waals surface area contributed by atoms with Crippen molar-refractivity contribution in [2.24, 2.45) is 0 Å². The van der Waals surface area contributed by atoms with E-state index in [9.17, 15) is 9.59 Å². The molecule has 1 aliphatic rings. The fraction of sp³-hybridized carbons (Fsp3) is 0.409. The molecule has 0 saturated heterocycles. The van der Waals surface area contributed by atoms with Crippen molar-refractivity contribution in [1.29, 1.82) is 0 Å². The Morgan fingerprint density at radius 3 is 2.76 bits per heavy atom. The van der Waals surface area contributed by atoms with Crippen molar-refractivity contribution in [1.82, 2.24) is 14.9 Å². The number of thioether (sulfide) groups is 1. The van der Waals surface area contributed by atoms with Crippen molar-refractivity contribution in [2.45, 2.75) is 43.9 Å². The summed E-state index contributed by atoms with van der Waals surface area (Å²) in [5, 5.41) is 2.63. The second kappa shape index (κ2) is 9.13. The third-order valence-corrected chi connectivity index (χ3v) is 7.36. The first-order chi connectivity index (χ1) is 14.1.